The van der Waals surface area contributed by atoms with Gasteiger partial charge in [-0.2, -0.15) is 5.26 Å². The van der Waals surface area contributed by atoms with Crippen LogP contribution in [0.5, 0.6) is 0 Å². The zero-order valence-electron chi connectivity index (χ0n) is 10.6. The molecule has 4 nitrogen and oxygen atoms in total. The van der Waals surface area contributed by atoms with Gasteiger partial charge in [-0.1, -0.05) is 20.8 Å². The Labute approximate surface area is 106 Å². The van der Waals surface area contributed by atoms with E-state index in [0.29, 0.717) is 0 Å². The van der Waals surface area contributed by atoms with Crippen molar-refractivity contribution in [1.82, 2.24) is 0 Å². The van der Waals surface area contributed by atoms with E-state index in [2.05, 4.69) is 5.32 Å². The molecule has 0 saturated carbocycles. The van der Waals surface area contributed by atoms with Crippen molar-refractivity contribution in [1.29, 1.82) is 5.26 Å². The highest BCUT2D eigenvalue weighted by atomic mass is 19.1. The van der Waals surface area contributed by atoms with E-state index in [-0.39, 0.29) is 11.3 Å². The van der Waals surface area contributed by atoms with Crippen LogP contribution in [0.1, 0.15) is 26.3 Å². The summed E-state index contributed by atoms with van der Waals surface area (Å²) in [5.74, 6) is -1.10. The van der Waals surface area contributed by atoms with E-state index in [4.69, 9.17) is 11.0 Å². The fourth-order valence-corrected chi connectivity index (χ4v) is 1.29. The summed E-state index contributed by atoms with van der Waals surface area (Å²) in [6.45, 7) is 5.48. The summed E-state index contributed by atoms with van der Waals surface area (Å²) in [7, 11) is 0. The second-order valence-electron chi connectivity index (χ2n) is 5.14. The van der Waals surface area contributed by atoms with Crippen molar-refractivity contribution in [3.05, 3.63) is 29.6 Å². The van der Waals surface area contributed by atoms with Gasteiger partial charge in [0.2, 0.25) is 5.91 Å². The number of hydrogen-bond donors (Lipinski definition) is 2. The lowest BCUT2D eigenvalue weighted by molar-refractivity contribution is -0.119. The molecule has 0 spiro atoms. The van der Waals surface area contributed by atoms with Gasteiger partial charge in [-0.3, -0.25) is 4.79 Å². The van der Waals surface area contributed by atoms with E-state index in [1.165, 1.54) is 12.1 Å². The number of nitrogens with zero attached hydrogens (tertiary/aromatic N) is 1. The molecule has 0 aliphatic heterocycles. The van der Waals surface area contributed by atoms with E-state index in [0.717, 1.165) is 6.07 Å². The number of benzene rings is 1. The molecule has 1 atom stereocenters. The van der Waals surface area contributed by atoms with E-state index in [1.54, 1.807) is 0 Å². The Balaban J connectivity index is 2.87. The first-order valence-electron chi connectivity index (χ1n) is 5.52. The molecule has 1 amide bonds. The summed E-state index contributed by atoms with van der Waals surface area (Å²) in [6.07, 6.45) is 0. The Morgan fingerprint density at radius 2 is 2.11 bits per heavy atom. The van der Waals surface area contributed by atoms with Crippen molar-refractivity contribution in [2.75, 3.05) is 5.32 Å². The fourth-order valence-electron chi connectivity index (χ4n) is 1.29. The zero-order valence-corrected chi connectivity index (χ0v) is 10.6. The summed E-state index contributed by atoms with van der Waals surface area (Å²) < 4.78 is 13.6. The first-order valence-corrected chi connectivity index (χ1v) is 5.52. The lowest BCUT2D eigenvalue weighted by Crippen LogP contribution is -2.45. The Morgan fingerprint density at radius 3 is 2.56 bits per heavy atom. The second kappa shape index (κ2) is 5.15. The van der Waals surface area contributed by atoms with E-state index < -0.39 is 23.2 Å². The van der Waals surface area contributed by atoms with Crippen molar-refractivity contribution in [2.24, 2.45) is 11.1 Å². The first-order chi connectivity index (χ1) is 8.25. The molecule has 96 valence electrons. The van der Waals surface area contributed by atoms with Crippen LogP contribution in [0.3, 0.4) is 0 Å². The third-order valence-electron chi connectivity index (χ3n) is 2.57. The summed E-state index contributed by atoms with van der Waals surface area (Å²) in [5, 5.41) is 11.0. The van der Waals surface area contributed by atoms with Gasteiger partial charge in [0.1, 0.15) is 5.82 Å². The molecule has 0 fully saturated rings. The van der Waals surface area contributed by atoms with E-state index >= 15 is 0 Å². The van der Waals surface area contributed by atoms with Crippen LogP contribution in [0, 0.1) is 22.6 Å². The fraction of sp³-hybridized carbons (Fsp3) is 0.385. The van der Waals surface area contributed by atoms with Crippen molar-refractivity contribution in [3.63, 3.8) is 0 Å². The average Bonchev–Trinajstić information content (AvgIpc) is 2.29. The number of rotatable bonds is 2. The molecule has 0 radical (unpaired) electrons. The minimum atomic E-state index is -0.743. The zero-order chi connectivity index (χ0) is 13.9. The monoisotopic (exact) mass is 249 g/mol. The van der Waals surface area contributed by atoms with Crippen LogP contribution in [0.25, 0.3) is 0 Å². The molecule has 0 heterocycles. The first kappa shape index (κ1) is 14.1. The van der Waals surface area contributed by atoms with Crippen molar-refractivity contribution >= 4 is 11.6 Å². The van der Waals surface area contributed by atoms with Crippen molar-refractivity contribution in [2.45, 2.75) is 26.8 Å². The second-order valence-corrected chi connectivity index (χ2v) is 5.14. The molecule has 5 heteroatoms. The number of amides is 1. The van der Waals surface area contributed by atoms with Gasteiger partial charge < -0.3 is 11.1 Å². The lowest BCUT2D eigenvalue weighted by atomic mass is 9.87. The van der Waals surface area contributed by atoms with Crippen LogP contribution in [0.4, 0.5) is 10.1 Å². The van der Waals surface area contributed by atoms with Crippen LogP contribution in [-0.4, -0.2) is 11.9 Å². The van der Waals surface area contributed by atoms with Gasteiger partial charge in [0, 0.05) is 0 Å². The lowest BCUT2D eigenvalue weighted by Gasteiger charge is -2.25. The predicted octanol–water partition coefficient (Wildman–Crippen LogP) is 2.01. The maximum absolute atomic E-state index is 13.6. The number of anilines is 1. The Morgan fingerprint density at radius 1 is 1.50 bits per heavy atom. The Bertz CT molecular complexity index is 500. The van der Waals surface area contributed by atoms with E-state index in [9.17, 15) is 9.18 Å². The quantitative estimate of drug-likeness (QED) is 0.841. The summed E-state index contributed by atoms with van der Waals surface area (Å²) in [4.78, 5) is 11.8. The Hall–Kier alpha value is -1.93. The van der Waals surface area contributed by atoms with Crippen LogP contribution in [0.15, 0.2) is 18.2 Å². The molecule has 1 rings (SSSR count). The van der Waals surface area contributed by atoms with Crippen molar-refractivity contribution < 1.29 is 9.18 Å². The van der Waals surface area contributed by atoms with Gasteiger partial charge >= 0.3 is 0 Å². The molecule has 1 aromatic rings. The molecular weight excluding hydrogens is 233 g/mol. The number of halogens is 1. The third kappa shape index (κ3) is 3.28. The van der Waals surface area contributed by atoms with E-state index in [1.807, 2.05) is 26.8 Å². The average molecular weight is 249 g/mol. The maximum Gasteiger partial charge on any atom is 0.241 e. The van der Waals surface area contributed by atoms with Crippen LogP contribution < -0.4 is 11.1 Å². The van der Waals surface area contributed by atoms with Crippen LogP contribution in [0.2, 0.25) is 0 Å². The molecule has 0 unspecified atom stereocenters. The number of carbonyl (C=O) groups is 1. The smallest absolute Gasteiger partial charge is 0.241 e. The minimum absolute atomic E-state index is 0.0266. The van der Waals surface area contributed by atoms with Crippen LogP contribution >= 0.6 is 0 Å². The SMILES string of the molecule is CC(C)(C)[C@H](N)C(=O)Nc1ccc(C#N)cc1F. The highest BCUT2D eigenvalue weighted by Crippen LogP contribution is 2.20. The molecule has 0 aliphatic rings. The summed E-state index contributed by atoms with van der Waals surface area (Å²) in [5.41, 5.74) is 5.58. The number of carbonyl (C=O) groups excluding carboxylic acids is 1. The number of nitrogens with one attached hydrogen (secondary N) is 1. The van der Waals surface area contributed by atoms with Crippen LogP contribution in [-0.2, 0) is 4.79 Å². The minimum Gasteiger partial charge on any atom is -0.322 e. The molecule has 0 aromatic heterocycles. The highest BCUT2D eigenvalue weighted by Gasteiger charge is 2.27. The highest BCUT2D eigenvalue weighted by molar-refractivity contribution is 5.95. The van der Waals surface area contributed by atoms with Gasteiger partial charge in [0.15, 0.2) is 0 Å². The number of nitrogens with two attached hydrogens (primary N) is 1. The standard InChI is InChI=1S/C13H16FN3O/c1-13(2,3)11(16)12(18)17-10-5-4-8(7-15)6-9(10)14/h4-6,11H,16H2,1-3H3,(H,17,18)/t11-/m1/s1. The van der Waals surface area contributed by atoms with Gasteiger partial charge in [0.25, 0.3) is 0 Å². The molecule has 3 N–H and O–H groups in total. The molecule has 1 aromatic carbocycles. The number of hydrogen-bond acceptors (Lipinski definition) is 3. The molecule has 0 aliphatic carbocycles. The van der Waals surface area contributed by atoms with Gasteiger partial charge in [0.05, 0.1) is 23.4 Å². The van der Waals surface area contributed by atoms with Gasteiger partial charge in [-0.15, -0.1) is 0 Å². The molecule has 0 saturated heterocycles. The number of nitriles is 1. The van der Waals surface area contributed by atoms with Gasteiger partial charge in [-0.05, 0) is 23.6 Å². The molecule has 0 bridgehead atoms. The predicted molar refractivity (Wildman–Crippen MR) is 67.2 cm³/mol. The third-order valence-corrected chi connectivity index (χ3v) is 2.57. The normalized spacial score (nSPS) is 12.7. The topological polar surface area (TPSA) is 78.9 Å². The maximum atomic E-state index is 13.6. The molecule has 18 heavy (non-hydrogen) atoms. The molecular formula is C13H16FN3O. The largest absolute Gasteiger partial charge is 0.322 e. The summed E-state index contributed by atoms with van der Waals surface area (Å²) in [6, 6.07) is 4.92. The van der Waals surface area contributed by atoms with Crippen molar-refractivity contribution in [3.8, 4) is 6.07 Å². The summed E-state index contributed by atoms with van der Waals surface area (Å²) >= 11 is 0. The van der Waals surface area contributed by atoms with Gasteiger partial charge in [-0.25, -0.2) is 4.39 Å². The Kier molecular flexibility index (Phi) is 4.04.